The van der Waals surface area contributed by atoms with Crippen molar-refractivity contribution in [3.05, 3.63) is 76.0 Å². The zero-order valence-corrected chi connectivity index (χ0v) is 19.2. The Balaban J connectivity index is 1.90. The summed E-state index contributed by atoms with van der Waals surface area (Å²) in [5.41, 5.74) is 4.37. The second-order valence-corrected chi connectivity index (χ2v) is 8.46. The molecular formula is C23H26ClN3O2S. The fraction of sp³-hybridized carbons (Fsp3) is 0.304. The lowest BCUT2D eigenvalue weighted by molar-refractivity contribution is -0.138. The van der Waals surface area contributed by atoms with Crippen molar-refractivity contribution in [1.82, 2.24) is 5.32 Å². The maximum Gasteiger partial charge on any atom is 0.338 e. The number of carbonyl (C=O) groups excluding carboxylic acids is 1. The largest absolute Gasteiger partial charge is 0.463 e. The minimum Gasteiger partial charge on any atom is -0.463 e. The van der Waals surface area contributed by atoms with Crippen LogP contribution in [0, 0.1) is 0 Å². The Morgan fingerprint density at radius 2 is 1.90 bits per heavy atom. The van der Waals surface area contributed by atoms with E-state index in [0.29, 0.717) is 17.9 Å². The molecule has 7 heteroatoms. The number of hydrogen-bond acceptors (Lipinski definition) is 6. The first-order valence-corrected chi connectivity index (χ1v) is 11.1. The van der Waals surface area contributed by atoms with Gasteiger partial charge >= 0.3 is 5.97 Å². The highest BCUT2D eigenvalue weighted by Crippen LogP contribution is 2.34. The number of rotatable bonds is 6. The number of allylic oxidation sites excluding steroid dienone is 1. The van der Waals surface area contributed by atoms with Crippen LogP contribution in [0.2, 0.25) is 5.02 Å². The zero-order valence-electron chi connectivity index (χ0n) is 17.6. The predicted molar refractivity (Wildman–Crippen MR) is 126 cm³/mol. The SMILES string of the molecule is CCOC(=O)C1=C(C)NC(SCc2ccccc2Cl)=N[C@@H]1c1ccc(N(C)C)cc1. The molecule has 0 bridgehead atoms. The number of nitrogens with one attached hydrogen (secondary N) is 1. The Kier molecular flexibility index (Phi) is 7.45. The fourth-order valence-corrected chi connectivity index (χ4v) is 4.38. The molecule has 1 heterocycles. The number of amidine groups is 1. The van der Waals surface area contributed by atoms with Crippen molar-refractivity contribution in [3.8, 4) is 0 Å². The summed E-state index contributed by atoms with van der Waals surface area (Å²) in [5.74, 6) is 0.336. The molecule has 0 fully saturated rings. The molecule has 1 N–H and O–H groups in total. The summed E-state index contributed by atoms with van der Waals surface area (Å²) in [6.07, 6.45) is 0. The third-order valence-corrected chi connectivity index (χ3v) is 6.07. The van der Waals surface area contributed by atoms with Crippen molar-refractivity contribution < 1.29 is 9.53 Å². The minimum absolute atomic E-state index is 0.319. The van der Waals surface area contributed by atoms with Crippen LogP contribution in [-0.4, -0.2) is 31.8 Å². The van der Waals surface area contributed by atoms with Gasteiger partial charge in [-0.05, 0) is 43.2 Å². The van der Waals surface area contributed by atoms with E-state index in [1.807, 2.05) is 74.4 Å². The first-order valence-electron chi connectivity index (χ1n) is 9.77. The molecule has 2 aromatic carbocycles. The van der Waals surface area contributed by atoms with Crippen LogP contribution < -0.4 is 10.2 Å². The molecule has 1 aliphatic heterocycles. The van der Waals surface area contributed by atoms with Gasteiger partial charge in [0.2, 0.25) is 0 Å². The van der Waals surface area contributed by atoms with Crippen LogP contribution >= 0.6 is 23.4 Å². The van der Waals surface area contributed by atoms with E-state index >= 15 is 0 Å². The van der Waals surface area contributed by atoms with E-state index in [1.165, 1.54) is 0 Å². The van der Waals surface area contributed by atoms with E-state index in [9.17, 15) is 4.79 Å². The summed E-state index contributed by atoms with van der Waals surface area (Å²) in [6, 6.07) is 15.4. The maximum absolute atomic E-state index is 12.7. The number of benzene rings is 2. The van der Waals surface area contributed by atoms with E-state index in [-0.39, 0.29) is 5.97 Å². The van der Waals surface area contributed by atoms with Gasteiger partial charge in [-0.1, -0.05) is 53.7 Å². The van der Waals surface area contributed by atoms with Gasteiger partial charge < -0.3 is 15.0 Å². The van der Waals surface area contributed by atoms with Crippen molar-refractivity contribution in [3.63, 3.8) is 0 Å². The summed E-state index contributed by atoms with van der Waals surface area (Å²) < 4.78 is 5.31. The van der Waals surface area contributed by atoms with Gasteiger partial charge in [-0.15, -0.1) is 0 Å². The Morgan fingerprint density at radius 3 is 2.53 bits per heavy atom. The van der Waals surface area contributed by atoms with Gasteiger partial charge in [0.15, 0.2) is 5.17 Å². The van der Waals surface area contributed by atoms with Crippen LogP contribution in [0.4, 0.5) is 5.69 Å². The second kappa shape index (κ2) is 10.0. The van der Waals surface area contributed by atoms with Crippen molar-refractivity contribution in [1.29, 1.82) is 0 Å². The summed E-state index contributed by atoms with van der Waals surface area (Å²) in [6.45, 7) is 4.01. The predicted octanol–water partition coefficient (Wildman–Crippen LogP) is 5.18. The third-order valence-electron chi connectivity index (χ3n) is 4.76. The van der Waals surface area contributed by atoms with Gasteiger partial charge in [0.05, 0.1) is 12.2 Å². The summed E-state index contributed by atoms with van der Waals surface area (Å²) in [5, 5.41) is 4.75. The van der Waals surface area contributed by atoms with Crippen LogP contribution in [0.3, 0.4) is 0 Å². The molecule has 30 heavy (non-hydrogen) atoms. The van der Waals surface area contributed by atoms with Crippen LogP contribution in [0.1, 0.15) is 31.0 Å². The van der Waals surface area contributed by atoms with Gasteiger partial charge in [0.25, 0.3) is 0 Å². The normalized spacial score (nSPS) is 16.0. The van der Waals surface area contributed by atoms with Gasteiger partial charge in [-0.2, -0.15) is 0 Å². The van der Waals surface area contributed by atoms with Gasteiger partial charge in [-0.25, -0.2) is 9.79 Å². The highest BCUT2D eigenvalue weighted by Gasteiger charge is 2.30. The highest BCUT2D eigenvalue weighted by molar-refractivity contribution is 8.13. The Bertz CT molecular complexity index is 971. The third kappa shape index (κ3) is 5.18. The number of halogens is 1. The van der Waals surface area contributed by atoms with Crippen molar-refractivity contribution in [2.24, 2.45) is 4.99 Å². The smallest absolute Gasteiger partial charge is 0.338 e. The Hall–Kier alpha value is -2.44. The minimum atomic E-state index is -0.421. The topological polar surface area (TPSA) is 53.9 Å². The molecule has 0 saturated heterocycles. The van der Waals surface area contributed by atoms with Crippen LogP contribution in [-0.2, 0) is 15.3 Å². The standard InChI is InChI=1S/C23H26ClN3O2S/c1-5-29-22(28)20-15(2)25-23(30-14-17-8-6-7-9-19(17)24)26-21(20)16-10-12-18(13-11-16)27(3)4/h6-13,21H,5,14H2,1-4H3,(H,25,26)/t21-/m1/s1. The lowest BCUT2D eigenvalue weighted by Crippen LogP contribution is -2.30. The number of anilines is 1. The number of aliphatic imine (C=N–C) groups is 1. The fourth-order valence-electron chi connectivity index (χ4n) is 3.15. The molecule has 0 unspecified atom stereocenters. The molecule has 5 nitrogen and oxygen atoms in total. The molecule has 0 amide bonds. The molecule has 1 aliphatic rings. The van der Waals surface area contributed by atoms with Crippen molar-refractivity contribution in [2.45, 2.75) is 25.6 Å². The van der Waals surface area contributed by atoms with Crippen molar-refractivity contribution in [2.75, 3.05) is 25.6 Å². The molecule has 0 radical (unpaired) electrons. The average Bonchev–Trinajstić information content (AvgIpc) is 2.73. The molecule has 0 saturated carbocycles. The first kappa shape index (κ1) is 22.2. The summed E-state index contributed by atoms with van der Waals surface area (Å²) >= 11 is 7.85. The lowest BCUT2D eigenvalue weighted by Gasteiger charge is -2.26. The molecule has 3 rings (SSSR count). The lowest BCUT2D eigenvalue weighted by atomic mass is 9.96. The molecule has 1 atom stereocenters. The Labute approximate surface area is 187 Å². The summed E-state index contributed by atoms with van der Waals surface area (Å²) in [4.78, 5) is 19.6. The quantitative estimate of drug-likeness (QED) is 0.623. The molecule has 2 aromatic rings. The number of hydrogen-bond donors (Lipinski definition) is 1. The number of ether oxygens (including phenoxy) is 1. The van der Waals surface area contributed by atoms with E-state index in [2.05, 4.69) is 5.32 Å². The van der Waals surface area contributed by atoms with E-state index in [4.69, 9.17) is 21.3 Å². The summed E-state index contributed by atoms with van der Waals surface area (Å²) in [7, 11) is 3.99. The molecule has 0 spiro atoms. The molecule has 158 valence electrons. The van der Waals surface area contributed by atoms with E-state index in [0.717, 1.165) is 32.7 Å². The molecule has 0 aliphatic carbocycles. The van der Waals surface area contributed by atoms with Gasteiger partial charge in [0.1, 0.15) is 6.04 Å². The second-order valence-electron chi connectivity index (χ2n) is 7.09. The van der Waals surface area contributed by atoms with E-state index < -0.39 is 6.04 Å². The number of esters is 1. The van der Waals surface area contributed by atoms with E-state index in [1.54, 1.807) is 18.7 Å². The highest BCUT2D eigenvalue weighted by atomic mass is 35.5. The van der Waals surface area contributed by atoms with Crippen molar-refractivity contribution >= 4 is 40.2 Å². The van der Waals surface area contributed by atoms with Crippen LogP contribution in [0.15, 0.2) is 64.8 Å². The molecule has 0 aromatic heterocycles. The van der Waals surface area contributed by atoms with Crippen LogP contribution in [0.5, 0.6) is 0 Å². The van der Waals surface area contributed by atoms with Crippen LogP contribution in [0.25, 0.3) is 0 Å². The number of thioether (sulfide) groups is 1. The van der Waals surface area contributed by atoms with Gasteiger partial charge in [0, 0.05) is 36.3 Å². The number of carbonyl (C=O) groups is 1. The average molecular weight is 444 g/mol. The Morgan fingerprint density at radius 1 is 1.20 bits per heavy atom. The zero-order chi connectivity index (χ0) is 21.7. The van der Waals surface area contributed by atoms with Gasteiger partial charge in [-0.3, -0.25) is 0 Å². The molecular weight excluding hydrogens is 418 g/mol. The first-order chi connectivity index (χ1) is 14.4. The number of nitrogens with zero attached hydrogens (tertiary/aromatic N) is 2. The maximum atomic E-state index is 12.7. The monoisotopic (exact) mass is 443 g/mol.